The second-order valence-electron chi connectivity index (χ2n) is 6.08. The molecule has 2 fully saturated rings. The lowest BCUT2D eigenvalue weighted by Gasteiger charge is -2.31. The molecule has 1 heterocycles. The van der Waals surface area contributed by atoms with E-state index in [2.05, 4.69) is 40.5 Å². The number of nitrogens with one attached hydrogen (secondary N) is 1. The summed E-state index contributed by atoms with van der Waals surface area (Å²) in [5.74, 6) is 1.02. The lowest BCUT2D eigenvalue weighted by molar-refractivity contribution is 0.182. The number of nitrogens with zero attached hydrogens (tertiary/aromatic N) is 1. The predicted molar refractivity (Wildman–Crippen MR) is 81.5 cm³/mol. The zero-order valence-corrected chi connectivity index (χ0v) is 11.9. The minimum atomic E-state index is 0.922. The first-order chi connectivity index (χ1) is 9.43. The maximum absolute atomic E-state index is 3.51. The molecule has 1 aromatic rings. The Morgan fingerprint density at radius 2 is 1.89 bits per heavy atom. The third kappa shape index (κ3) is 3.30. The molecule has 2 heteroatoms. The van der Waals surface area contributed by atoms with E-state index in [0.717, 1.165) is 18.5 Å². The number of para-hydroxylation sites is 1. The molecule has 0 radical (unpaired) electrons. The second kappa shape index (κ2) is 6.42. The van der Waals surface area contributed by atoms with Crippen LogP contribution < -0.4 is 5.32 Å². The van der Waals surface area contributed by atoms with Crippen molar-refractivity contribution in [1.29, 1.82) is 0 Å². The van der Waals surface area contributed by atoms with Gasteiger partial charge in [-0.25, -0.2) is 0 Å². The van der Waals surface area contributed by atoms with Crippen molar-refractivity contribution in [2.45, 2.75) is 44.6 Å². The Kier molecular flexibility index (Phi) is 4.39. The molecule has 1 aromatic carbocycles. The Morgan fingerprint density at radius 1 is 1.05 bits per heavy atom. The van der Waals surface area contributed by atoms with Crippen LogP contribution in [0, 0.1) is 5.92 Å². The van der Waals surface area contributed by atoms with Crippen LogP contribution in [0.5, 0.6) is 0 Å². The maximum Gasteiger partial charge on any atom is 0.0340 e. The number of hydrogen-bond acceptors (Lipinski definition) is 2. The van der Waals surface area contributed by atoms with Crippen molar-refractivity contribution in [1.82, 2.24) is 4.90 Å². The predicted octanol–water partition coefficient (Wildman–Crippen LogP) is 3.75. The molecule has 3 rings (SSSR count). The van der Waals surface area contributed by atoms with Crippen LogP contribution in [0.15, 0.2) is 30.3 Å². The van der Waals surface area contributed by atoms with Crippen LogP contribution >= 0.6 is 0 Å². The molecule has 2 aliphatic rings. The molecule has 2 unspecified atom stereocenters. The van der Waals surface area contributed by atoms with E-state index >= 15 is 0 Å². The zero-order chi connectivity index (χ0) is 12.9. The molecule has 104 valence electrons. The maximum atomic E-state index is 3.51. The summed E-state index contributed by atoms with van der Waals surface area (Å²) in [4.78, 5) is 2.76. The Labute approximate surface area is 117 Å². The lowest BCUT2D eigenvalue weighted by Crippen LogP contribution is -2.35. The molecule has 0 aromatic heterocycles. The summed E-state index contributed by atoms with van der Waals surface area (Å²) in [5, 5.41) is 3.51. The van der Waals surface area contributed by atoms with Gasteiger partial charge in [0.2, 0.25) is 0 Å². The summed E-state index contributed by atoms with van der Waals surface area (Å²) >= 11 is 0. The smallest absolute Gasteiger partial charge is 0.0340 e. The molecule has 19 heavy (non-hydrogen) atoms. The average Bonchev–Trinajstić information content (AvgIpc) is 2.88. The normalized spacial score (nSPS) is 27.2. The molecule has 2 nitrogen and oxygen atoms in total. The monoisotopic (exact) mass is 258 g/mol. The lowest BCUT2D eigenvalue weighted by atomic mass is 9.85. The van der Waals surface area contributed by atoms with E-state index in [-0.39, 0.29) is 0 Å². The number of likely N-dealkylation sites (tertiary alicyclic amines) is 1. The first kappa shape index (κ1) is 13.0. The van der Waals surface area contributed by atoms with Crippen molar-refractivity contribution < 1.29 is 0 Å². The van der Waals surface area contributed by atoms with Crippen molar-refractivity contribution in [2.24, 2.45) is 5.92 Å². The Morgan fingerprint density at radius 3 is 2.79 bits per heavy atom. The average molecular weight is 258 g/mol. The van der Waals surface area contributed by atoms with E-state index in [1.54, 1.807) is 0 Å². The summed E-state index contributed by atoms with van der Waals surface area (Å²) < 4.78 is 0. The Balaban J connectivity index is 1.38. The molecule has 1 N–H and O–H groups in total. The summed E-state index contributed by atoms with van der Waals surface area (Å²) in [6.07, 6.45) is 8.60. The molecule has 1 aliphatic carbocycles. The highest BCUT2D eigenvalue weighted by molar-refractivity contribution is 5.42. The van der Waals surface area contributed by atoms with Crippen molar-refractivity contribution in [3.63, 3.8) is 0 Å². The van der Waals surface area contributed by atoms with Crippen LogP contribution in [0.4, 0.5) is 5.69 Å². The summed E-state index contributed by atoms with van der Waals surface area (Å²) in [7, 11) is 0. The number of benzene rings is 1. The van der Waals surface area contributed by atoms with Gasteiger partial charge in [-0.1, -0.05) is 31.0 Å². The van der Waals surface area contributed by atoms with Gasteiger partial charge in [0.25, 0.3) is 0 Å². The Hall–Kier alpha value is -1.02. The van der Waals surface area contributed by atoms with E-state index < -0.39 is 0 Å². The quantitative estimate of drug-likeness (QED) is 0.809. The van der Waals surface area contributed by atoms with Gasteiger partial charge in [-0.15, -0.1) is 0 Å². The molecule has 1 saturated heterocycles. The number of hydrogen-bond donors (Lipinski definition) is 1. The molecule has 2 atom stereocenters. The third-order valence-corrected chi connectivity index (χ3v) is 4.85. The van der Waals surface area contributed by atoms with Crippen molar-refractivity contribution in [2.75, 3.05) is 25.0 Å². The van der Waals surface area contributed by atoms with Crippen LogP contribution in [0.3, 0.4) is 0 Å². The van der Waals surface area contributed by atoms with Crippen molar-refractivity contribution >= 4 is 5.69 Å². The van der Waals surface area contributed by atoms with E-state index in [9.17, 15) is 0 Å². The van der Waals surface area contributed by atoms with E-state index in [1.807, 2.05) is 0 Å². The zero-order valence-electron chi connectivity index (χ0n) is 11.9. The van der Waals surface area contributed by atoms with E-state index in [1.165, 1.54) is 57.3 Å². The summed E-state index contributed by atoms with van der Waals surface area (Å²) in [6.45, 7) is 3.72. The van der Waals surface area contributed by atoms with Gasteiger partial charge >= 0.3 is 0 Å². The molecule has 1 saturated carbocycles. The fraction of sp³-hybridized carbons (Fsp3) is 0.647. The van der Waals surface area contributed by atoms with Crippen LogP contribution in [0.1, 0.15) is 38.5 Å². The highest BCUT2D eigenvalue weighted by Gasteiger charge is 2.34. The van der Waals surface area contributed by atoms with Crippen LogP contribution in [-0.2, 0) is 0 Å². The van der Waals surface area contributed by atoms with Crippen molar-refractivity contribution in [3.8, 4) is 0 Å². The third-order valence-electron chi connectivity index (χ3n) is 4.85. The van der Waals surface area contributed by atoms with E-state index in [0.29, 0.717) is 0 Å². The standard InChI is InChI=1S/C17H26N2/c1-2-8-16(9-3-1)18-12-6-13-19-14-11-15-7-4-5-10-17(15)19/h1-3,8-9,15,17-18H,4-7,10-14H2. The molecular weight excluding hydrogens is 232 g/mol. The first-order valence-corrected chi connectivity index (χ1v) is 7.96. The van der Waals surface area contributed by atoms with Gasteiger partial charge in [0.15, 0.2) is 0 Å². The second-order valence-corrected chi connectivity index (χ2v) is 6.08. The van der Waals surface area contributed by atoms with Gasteiger partial charge in [0, 0.05) is 24.8 Å². The number of rotatable bonds is 5. The molecule has 0 amide bonds. The van der Waals surface area contributed by atoms with E-state index in [4.69, 9.17) is 0 Å². The highest BCUT2D eigenvalue weighted by Crippen LogP contribution is 2.35. The van der Waals surface area contributed by atoms with Gasteiger partial charge in [-0.2, -0.15) is 0 Å². The number of anilines is 1. The van der Waals surface area contributed by atoms with Crippen LogP contribution in [0.2, 0.25) is 0 Å². The summed E-state index contributed by atoms with van der Waals surface area (Å²) in [6, 6.07) is 11.5. The fourth-order valence-corrected chi connectivity index (χ4v) is 3.85. The van der Waals surface area contributed by atoms with Gasteiger partial charge in [-0.3, -0.25) is 0 Å². The minimum absolute atomic E-state index is 0.922. The summed E-state index contributed by atoms with van der Waals surface area (Å²) in [5.41, 5.74) is 1.25. The SMILES string of the molecule is c1ccc(NCCCN2CCC3CCCCC32)cc1. The van der Waals surface area contributed by atoms with Gasteiger partial charge in [0.1, 0.15) is 0 Å². The molecule has 1 aliphatic heterocycles. The topological polar surface area (TPSA) is 15.3 Å². The van der Waals surface area contributed by atoms with Gasteiger partial charge in [-0.05, 0) is 50.3 Å². The fourth-order valence-electron chi connectivity index (χ4n) is 3.85. The van der Waals surface area contributed by atoms with Crippen LogP contribution in [-0.4, -0.2) is 30.6 Å². The largest absolute Gasteiger partial charge is 0.385 e. The molecular formula is C17H26N2. The minimum Gasteiger partial charge on any atom is -0.385 e. The number of fused-ring (bicyclic) bond motifs is 1. The highest BCUT2D eigenvalue weighted by atomic mass is 15.2. The molecule has 0 spiro atoms. The van der Waals surface area contributed by atoms with Gasteiger partial charge in [0.05, 0.1) is 0 Å². The molecule has 0 bridgehead atoms. The Bertz CT molecular complexity index is 376. The van der Waals surface area contributed by atoms with Crippen molar-refractivity contribution in [3.05, 3.63) is 30.3 Å². The van der Waals surface area contributed by atoms with Crippen LogP contribution in [0.25, 0.3) is 0 Å². The first-order valence-electron chi connectivity index (χ1n) is 7.96. The van der Waals surface area contributed by atoms with Gasteiger partial charge < -0.3 is 10.2 Å².